The van der Waals surface area contributed by atoms with E-state index in [-0.39, 0.29) is 6.71 Å². The molecule has 0 saturated carbocycles. The van der Waals surface area contributed by atoms with Gasteiger partial charge in [-0.2, -0.15) is 0 Å². The highest BCUT2D eigenvalue weighted by Crippen LogP contribution is 2.45. The molecule has 0 radical (unpaired) electrons. The van der Waals surface area contributed by atoms with Gasteiger partial charge in [-0.1, -0.05) is 164 Å². The summed E-state index contributed by atoms with van der Waals surface area (Å²) in [4.78, 5) is 0. The van der Waals surface area contributed by atoms with E-state index < -0.39 is 0 Å². The van der Waals surface area contributed by atoms with E-state index in [1.54, 1.807) is 0 Å². The van der Waals surface area contributed by atoms with Crippen molar-refractivity contribution in [2.75, 3.05) is 0 Å². The molecule has 15 rings (SSSR count). The van der Waals surface area contributed by atoms with E-state index in [2.05, 4.69) is 221 Å². The summed E-state index contributed by atoms with van der Waals surface area (Å²) >= 11 is 0. The highest BCUT2D eigenvalue weighted by Gasteiger charge is 2.42. The number of rotatable bonds is 3. The smallest absolute Gasteiger partial charge is 0.253 e. The van der Waals surface area contributed by atoms with E-state index >= 15 is 0 Å². The summed E-state index contributed by atoms with van der Waals surface area (Å²) in [6, 6.07) is 79.7. The second kappa shape index (κ2) is 12.2. The van der Waals surface area contributed by atoms with Crippen LogP contribution in [0.3, 0.4) is 0 Å². The van der Waals surface area contributed by atoms with E-state index in [4.69, 9.17) is 0 Å². The third-order valence-electron chi connectivity index (χ3n) is 14.4. The van der Waals surface area contributed by atoms with Gasteiger partial charge < -0.3 is 9.13 Å². The zero-order valence-electron chi connectivity index (χ0n) is 34.2. The highest BCUT2D eigenvalue weighted by atomic mass is 15.0. The summed E-state index contributed by atoms with van der Waals surface area (Å²) in [5, 5.41) is 13.0. The average Bonchev–Trinajstić information content (AvgIpc) is 3.87. The normalized spacial score (nSPS) is 12.7. The molecular weight excluding hydrogens is 759 g/mol. The first-order valence-electron chi connectivity index (χ1n) is 22.0. The Kier molecular flexibility index (Phi) is 6.53. The molecule has 2 aliphatic rings. The Morgan fingerprint density at radius 1 is 0.270 bits per heavy atom. The van der Waals surface area contributed by atoms with Crippen molar-refractivity contribution in [3.63, 3.8) is 0 Å². The lowest BCUT2D eigenvalue weighted by atomic mass is 9.33. The largest absolute Gasteiger partial charge is 0.310 e. The van der Waals surface area contributed by atoms with Crippen molar-refractivity contribution in [2.45, 2.75) is 0 Å². The van der Waals surface area contributed by atoms with Crippen molar-refractivity contribution in [3.8, 4) is 44.8 Å². The van der Waals surface area contributed by atoms with Crippen LogP contribution in [0.25, 0.3) is 121 Å². The maximum atomic E-state index is 2.62. The van der Waals surface area contributed by atoms with Crippen molar-refractivity contribution in [3.05, 3.63) is 212 Å². The zero-order valence-corrected chi connectivity index (χ0v) is 34.2. The molecule has 11 aromatic carbocycles. The number of benzene rings is 11. The maximum absolute atomic E-state index is 2.62. The molecule has 4 heterocycles. The van der Waals surface area contributed by atoms with Crippen LogP contribution in [0.4, 0.5) is 0 Å². The summed E-state index contributed by atoms with van der Waals surface area (Å²) in [5.41, 5.74) is 19.1. The molecule has 63 heavy (non-hydrogen) atoms. The molecule has 0 bridgehead atoms. The van der Waals surface area contributed by atoms with Crippen molar-refractivity contribution < 1.29 is 0 Å². The van der Waals surface area contributed by atoms with Gasteiger partial charge in [0.15, 0.2) is 0 Å². The van der Waals surface area contributed by atoms with Crippen LogP contribution in [0.15, 0.2) is 212 Å². The zero-order chi connectivity index (χ0) is 40.9. The number of hydrogen-bond donors (Lipinski definition) is 0. The van der Waals surface area contributed by atoms with Crippen molar-refractivity contribution in [2.24, 2.45) is 0 Å². The van der Waals surface area contributed by atoms with Crippen LogP contribution in [0.1, 0.15) is 0 Å². The molecule has 0 N–H and O–H groups in total. The summed E-state index contributed by atoms with van der Waals surface area (Å²) in [5.74, 6) is 0. The Morgan fingerprint density at radius 3 is 1.32 bits per heavy atom. The first-order chi connectivity index (χ1) is 31.3. The highest BCUT2D eigenvalue weighted by molar-refractivity contribution is 7.02. The molecule has 0 atom stereocenters. The second-order valence-electron chi connectivity index (χ2n) is 17.5. The fourth-order valence-electron chi connectivity index (χ4n) is 11.9. The van der Waals surface area contributed by atoms with Crippen LogP contribution < -0.4 is 16.4 Å². The lowest BCUT2D eigenvalue weighted by molar-refractivity contribution is 1.14. The Labute approximate surface area is 363 Å². The van der Waals surface area contributed by atoms with Crippen LogP contribution >= 0.6 is 0 Å². The Bertz CT molecular complexity index is 4120. The van der Waals surface area contributed by atoms with Gasteiger partial charge in [0.1, 0.15) is 0 Å². The van der Waals surface area contributed by atoms with Gasteiger partial charge in [0.25, 0.3) is 6.71 Å². The minimum Gasteiger partial charge on any atom is -0.310 e. The van der Waals surface area contributed by atoms with Gasteiger partial charge in [0.05, 0.1) is 16.6 Å². The lowest BCUT2D eigenvalue weighted by Crippen LogP contribution is -2.59. The Balaban J connectivity index is 1.17. The molecule has 2 aromatic heterocycles. The van der Waals surface area contributed by atoms with Crippen molar-refractivity contribution >= 4 is 99.0 Å². The van der Waals surface area contributed by atoms with Gasteiger partial charge in [-0.05, 0) is 131 Å². The lowest BCUT2D eigenvalue weighted by Gasteiger charge is -2.35. The summed E-state index contributed by atoms with van der Waals surface area (Å²) in [6.45, 7) is -0.0334. The Hall–Kier alpha value is -8.14. The molecule has 0 saturated heterocycles. The minimum atomic E-state index is -0.0334. The molecule has 0 spiro atoms. The van der Waals surface area contributed by atoms with Gasteiger partial charge in [-0.3, -0.25) is 0 Å². The first kappa shape index (κ1) is 33.6. The maximum Gasteiger partial charge on any atom is 0.253 e. The van der Waals surface area contributed by atoms with Crippen LogP contribution in [-0.4, -0.2) is 15.8 Å². The molecule has 0 unspecified atom stereocenters. The summed E-state index contributed by atoms with van der Waals surface area (Å²) in [6.07, 6.45) is 0. The van der Waals surface area contributed by atoms with Crippen LogP contribution in [0.2, 0.25) is 0 Å². The molecule has 13 aromatic rings. The first-order valence-corrected chi connectivity index (χ1v) is 22.0. The topological polar surface area (TPSA) is 9.86 Å². The molecule has 2 nitrogen and oxygen atoms in total. The van der Waals surface area contributed by atoms with Gasteiger partial charge in [0.2, 0.25) is 0 Å². The fourth-order valence-corrected chi connectivity index (χ4v) is 11.9. The minimum absolute atomic E-state index is 0.0334. The number of fused-ring (bicyclic) bond motifs is 17. The molecule has 0 aliphatic carbocycles. The molecule has 0 fully saturated rings. The number of aromatic nitrogens is 2. The third-order valence-corrected chi connectivity index (χ3v) is 14.4. The standard InChI is InChI=1S/C60H35BN2/c1-4-15-36(16-5-1)39-27-29-52-46(31-39)49-33-41(38-19-8-3-9-20-38)34-51-59(49)62(52)54-25-14-26-55-57(54)61(51)58-56-45-24-13-12-22-43(45)42-21-10-11-23-44(42)48(56)35-50-47-32-40(37-17-6-2-7-18-37)28-30-53(47)63(55)60(50)58/h1-35H. The number of nitrogens with zero attached hydrogens (tertiary/aromatic N) is 2. The SMILES string of the molecule is c1ccc(-c2ccc3c(c2)c2cc(-c4ccccc4)cc4c2n3-c2cccc3c2B4c2c4c5ccccc5c5ccccc5c4cc4c5cc(-c6ccccc6)ccc5n-3c24)cc1. The van der Waals surface area contributed by atoms with Crippen LogP contribution in [-0.2, 0) is 0 Å². The van der Waals surface area contributed by atoms with E-state index in [1.165, 1.54) is 137 Å². The van der Waals surface area contributed by atoms with Gasteiger partial charge in [-0.25, -0.2) is 0 Å². The van der Waals surface area contributed by atoms with Gasteiger partial charge >= 0.3 is 0 Å². The van der Waals surface area contributed by atoms with Gasteiger partial charge in [0, 0.05) is 38.4 Å². The average molecular weight is 795 g/mol. The molecule has 288 valence electrons. The fraction of sp³-hybridized carbons (Fsp3) is 0. The predicted molar refractivity (Wildman–Crippen MR) is 269 cm³/mol. The van der Waals surface area contributed by atoms with Crippen molar-refractivity contribution in [1.29, 1.82) is 0 Å². The van der Waals surface area contributed by atoms with E-state index in [9.17, 15) is 0 Å². The molecule has 2 aliphatic heterocycles. The van der Waals surface area contributed by atoms with E-state index in [0.29, 0.717) is 0 Å². The van der Waals surface area contributed by atoms with E-state index in [1.807, 2.05) is 0 Å². The predicted octanol–water partition coefficient (Wildman–Crippen LogP) is 13.5. The molecular formula is C60H35BN2. The monoisotopic (exact) mass is 794 g/mol. The van der Waals surface area contributed by atoms with Crippen LogP contribution in [0, 0.1) is 0 Å². The quantitative estimate of drug-likeness (QED) is 0.125. The second-order valence-corrected chi connectivity index (χ2v) is 17.5. The summed E-state index contributed by atoms with van der Waals surface area (Å²) < 4.78 is 5.22. The Morgan fingerprint density at radius 2 is 0.730 bits per heavy atom. The van der Waals surface area contributed by atoms with Crippen molar-refractivity contribution in [1.82, 2.24) is 9.13 Å². The van der Waals surface area contributed by atoms with Crippen LogP contribution in [0.5, 0.6) is 0 Å². The molecule has 0 amide bonds. The van der Waals surface area contributed by atoms with E-state index in [0.717, 1.165) is 0 Å². The summed E-state index contributed by atoms with van der Waals surface area (Å²) in [7, 11) is 0. The number of hydrogen-bond acceptors (Lipinski definition) is 0. The molecule has 3 heteroatoms. The van der Waals surface area contributed by atoms with Gasteiger partial charge in [-0.15, -0.1) is 0 Å². The third kappa shape index (κ3) is 4.38.